The Morgan fingerprint density at radius 2 is 2.00 bits per heavy atom. The van der Waals surface area contributed by atoms with Crippen LogP contribution in [0.2, 0.25) is 0 Å². The standard InChI is InChI=1S/C21H24N4O2/c1-2-15-7-3-5-9-17(15)22-19(26)11-12-24-13-14-25-20(21(24)27)16-8-4-6-10-18(16)23-25/h3,5,7,9,13-14H,2,4,6,8,10-12H2,1H3,(H,22,26). The maximum atomic E-state index is 12.9. The van der Waals surface area contributed by atoms with Gasteiger partial charge in [0.1, 0.15) is 5.52 Å². The zero-order valence-electron chi connectivity index (χ0n) is 15.6. The van der Waals surface area contributed by atoms with Crippen molar-refractivity contribution in [1.82, 2.24) is 14.2 Å². The van der Waals surface area contributed by atoms with Crippen LogP contribution < -0.4 is 10.9 Å². The molecule has 1 amide bonds. The van der Waals surface area contributed by atoms with E-state index in [1.165, 1.54) is 0 Å². The summed E-state index contributed by atoms with van der Waals surface area (Å²) in [5, 5.41) is 7.51. The lowest BCUT2D eigenvalue weighted by Crippen LogP contribution is -2.25. The summed E-state index contributed by atoms with van der Waals surface area (Å²) in [5.41, 5.74) is 4.69. The number of amides is 1. The number of nitrogens with one attached hydrogen (secondary N) is 1. The third-order valence-electron chi connectivity index (χ3n) is 5.29. The molecule has 0 aliphatic heterocycles. The third-order valence-corrected chi connectivity index (χ3v) is 5.29. The lowest BCUT2D eigenvalue weighted by Gasteiger charge is -2.11. The van der Waals surface area contributed by atoms with E-state index in [2.05, 4.69) is 17.3 Å². The number of aromatic nitrogens is 3. The van der Waals surface area contributed by atoms with Gasteiger partial charge in [0.05, 0.1) is 5.69 Å². The molecule has 2 heterocycles. The first kappa shape index (κ1) is 17.5. The molecule has 0 unspecified atom stereocenters. The van der Waals surface area contributed by atoms with Crippen LogP contribution in [0.15, 0.2) is 41.5 Å². The summed E-state index contributed by atoms with van der Waals surface area (Å²) in [5.74, 6) is -0.0850. The van der Waals surface area contributed by atoms with Crippen LogP contribution in [0.3, 0.4) is 0 Å². The number of fused-ring (bicyclic) bond motifs is 3. The maximum absolute atomic E-state index is 12.9. The fraction of sp³-hybridized carbons (Fsp3) is 0.381. The SMILES string of the molecule is CCc1ccccc1NC(=O)CCn1ccn2nc3c(c2c1=O)CCCC3. The van der Waals surface area contributed by atoms with Gasteiger partial charge in [0.25, 0.3) is 5.56 Å². The van der Waals surface area contributed by atoms with Gasteiger partial charge in [0.15, 0.2) is 0 Å². The summed E-state index contributed by atoms with van der Waals surface area (Å²) in [6, 6.07) is 7.80. The topological polar surface area (TPSA) is 68.4 Å². The second-order valence-corrected chi connectivity index (χ2v) is 7.03. The van der Waals surface area contributed by atoms with E-state index >= 15 is 0 Å². The Morgan fingerprint density at radius 1 is 1.19 bits per heavy atom. The van der Waals surface area contributed by atoms with E-state index in [0.717, 1.165) is 54.6 Å². The van der Waals surface area contributed by atoms with E-state index in [1.807, 2.05) is 30.5 Å². The van der Waals surface area contributed by atoms with Gasteiger partial charge in [-0.1, -0.05) is 25.1 Å². The molecule has 1 aliphatic carbocycles. The molecule has 3 aromatic rings. The highest BCUT2D eigenvalue weighted by molar-refractivity contribution is 5.91. The molecule has 2 aromatic heterocycles. The van der Waals surface area contributed by atoms with Crippen LogP contribution >= 0.6 is 0 Å². The molecule has 0 atom stereocenters. The molecular formula is C21H24N4O2. The van der Waals surface area contributed by atoms with E-state index in [9.17, 15) is 9.59 Å². The molecule has 4 rings (SSSR count). The second-order valence-electron chi connectivity index (χ2n) is 7.03. The number of rotatable bonds is 5. The van der Waals surface area contributed by atoms with Gasteiger partial charge in [-0.05, 0) is 43.7 Å². The molecule has 0 spiro atoms. The average molecular weight is 364 g/mol. The molecule has 0 radical (unpaired) electrons. The molecule has 27 heavy (non-hydrogen) atoms. The number of nitrogens with zero attached hydrogens (tertiary/aromatic N) is 3. The summed E-state index contributed by atoms with van der Waals surface area (Å²) < 4.78 is 3.32. The minimum atomic E-state index is -0.0850. The van der Waals surface area contributed by atoms with E-state index in [-0.39, 0.29) is 17.9 Å². The van der Waals surface area contributed by atoms with Gasteiger partial charge in [0.2, 0.25) is 5.91 Å². The van der Waals surface area contributed by atoms with Crippen LogP contribution in [-0.2, 0) is 30.6 Å². The Labute approximate surface area is 157 Å². The molecule has 6 nitrogen and oxygen atoms in total. The number of aryl methyl sites for hydroxylation is 4. The van der Waals surface area contributed by atoms with Crippen molar-refractivity contribution in [2.75, 3.05) is 5.32 Å². The zero-order chi connectivity index (χ0) is 18.8. The van der Waals surface area contributed by atoms with Gasteiger partial charge >= 0.3 is 0 Å². The second kappa shape index (κ2) is 7.39. The first-order chi connectivity index (χ1) is 13.2. The number of para-hydroxylation sites is 1. The largest absolute Gasteiger partial charge is 0.326 e. The third kappa shape index (κ3) is 3.39. The van der Waals surface area contributed by atoms with Crippen molar-refractivity contribution in [2.24, 2.45) is 0 Å². The first-order valence-electron chi connectivity index (χ1n) is 9.64. The first-order valence-corrected chi connectivity index (χ1v) is 9.64. The zero-order valence-corrected chi connectivity index (χ0v) is 15.6. The molecule has 1 aliphatic rings. The highest BCUT2D eigenvalue weighted by Crippen LogP contribution is 2.22. The summed E-state index contributed by atoms with van der Waals surface area (Å²) in [6.45, 7) is 2.42. The van der Waals surface area contributed by atoms with Crippen molar-refractivity contribution in [3.63, 3.8) is 0 Å². The quantitative estimate of drug-likeness (QED) is 0.757. The molecule has 0 saturated heterocycles. The number of anilines is 1. The van der Waals surface area contributed by atoms with E-state index in [4.69, 9.17) is 0 Å². The Kier molecular flexibility index (Phi) is 4.79. The number of hydrogen-bond donors (Lipinski definition) is 1. The number of carbonyl (C=O) groups excluding carboxylic acids is 1. The highest BCUT2D eigenvalue weighted by Gasteiger charge is 2.19. The number of carbonyl (C=O) groups is 1. The normalized spacial score (nSPS) is 13.5. The van der Waals surface area contributed by atoms with Gasteiger partial charge < -0.3 is 9.88 Å². The highest BCUT2D eigenvalue weighted by atomic mass is 16.2. The minimum absolute atomic E-state index is 0.0603. The van der Waals surface area contributed by atoms with Crippen LogP contribution in [-0.4, -0.2) is 20.1 Å². The Balaban J connectivity index is 1.51. The van der Waals surface area contributed by atoms with Gasteiger partial charge in [0, 0.05) is 36.6 Å². The van der Waals surface area contributed by atoms with Crippen molar-refractivity contribution in [3.8, 4) is 0 Å². The average Bonchev–Trinajstić information content (AvgIpc) is 3.07. The van der Waals surface area contributed by atoms with Crippen molar-refractivity contribution < 1.29 is 4.79 Å². The van der Waals surface area contributed by atoms with Crippen molar-refractivity contribution >= 4 is 17.1 Å². The predicted molar refractivity (Wildman–Crippen MR) is 105 cm³/mol. The number of benzene rings is 1. The fourth-order valence-electron chi connectivity index (χ4n) is 3.82. The monoisotopic (exact) mass is 364 g/mol. The Bertz CT molecular complexity index is 1050. The number of hydrogen-bond acceptors (Lipinski definition) is 3. The molecule has 6 heteroatoms. The van der Waals surface area contributed by atoms with Crippen LogP contribution in [0.1, 0.15) is 43.0 Å². The van der Waals surface area contributed by atoms with Gasteiger partial charge in [-0.15, -0.1) is 0 Å². The lowest BCUT2D eigenvalue weighted by molar-refractivity contribution is -0.116. The van der Waals surface area contributed by atoms with E-state index in [1.54, 1.807) is 15.3 Å². The lowest BCUT2D eigenvalue weighted by atomic mass is 9.97. The molecule has 1 aromatic carbocycles. The van der Waals surface area contributed by atoms with Crippen LogP contribution in [0.5, 0.6) is 0 Å². The van der Waals surface area contributed by atoms with Crippen molar-refractivity contribution in [3.05, 3.63) is 63.8 Å². The summed E-state index contributed by atoms with van der Waals surface area (Å²) in [7, 11) is 0. The van der Waals surface area contributed by atoms with Crippen LogP contribution in [0.25, 0.3) is 5.52 Å². The van der Waals surface area contributed by atoms with Crippen LogP contribution in [0, 0.1) is 0 Å². The fourth-order valence-corrected chi connectivity index (χ4v) is 3.82. The van der Waals surface area contributed by atoms with Crippen LogP contribution in [0.4, 0.5) is 5.69 Å². The predicted octanol–water partition coefficient (Wildman–Crippen LogP) is 2.97. The molecule has 0 bridgehead atoms. The minimum Gasteiger partial charge on any atom is -0.326 e. The summed E-state index contributed by atoms with van der Waals surface area (Å²) in [6.07, 6.45) is 8.73. The summed E-state index contributed by atoms with van der Waals surface area (Å²) >= 11 is 0. The molecule has 0 fully saturated rings. The Morgan fingerprint density at radius 3 is 2.85 bits per heavy atom. The molecular weight excluding hydrogens is 340 g/mol. The maximum Gasteiger partial charge on any atom is 0.276 e. The van der Waals surface area contributed by atoms with Crippen molar-refractivity contribution in [1.29, 1.82) is 0 Å². The van der Waals surface area contributed by atoms with Gasteiger partial charge in [-0.25, -0.2) is 4.52 Å². The molecule has 140 valence electrons. The smallest absolute Gasteiger partial charge is 0.276 e. The van der Waals surface area contributed by atoms with E-state index < -0.39 is 0 Å². The summed E-state index contributed by atoms with van der Waals surface area (Å²) in [4.78, 5) is 25.3. The van der Waals surface area contributed by atoms with E-state index in [0.29, 0.717) is 12.1 Å². The molecule has 1 N–H and O–H groups in total. The van der Waals surface area contributed by atoms with Gasteiger partial charge in [-0.2, -0.15) is 5.10 Å². The van der Waals surface area contributed by atoms with Gasteiger partial charge in [-0.3, -0.25) is 9.59 Å². The molecule has 0 saturated carbocycles. The Hall–Kier alpha value is -2.89. The van der Waals surface area contributed by atoms with Crippen molar-refractivity contribution in [2.45, 2.75) is 52.0 Å².